The number of benzene rings is 1. The second kappa shape index (κ2) is 9.41. The Labute approximate surface area is 171 Å². The van der Waals surface area contributed by atoms with E-state index in [4.69, 9.17) is 4.74 Å². The lowest BCUT2D eigenvalue weighted by atomic mass is 10.1. The van der Waals surface area contributed by atoms with Crippen LogP contribution in [0.4, 0.5) is 17.6 Å². The number of nitrogens with zero attached hydrogens (tertiary/aromatic N) is 4. The van der Waals surface area contributed by atoms with E-state index in [-0.39, 0.29) is 24.8 Å². The van der Waals surface area contributed by atoms with Gasteiger partial charge in [0.1, 0.15) is 11.6 Å². The van der Waals surface area contributed by atoms with Gasteiger partial charge in [0, 0.05) is 20.2 Å². The minimum atomic E-state index is -4.66. The van der Waals surface area contributed by atoms with Gasteiger partial charge in [-0.3, -0.25) is 0 Å². The molecule has 1 aromatic carbocycles. The molecular formula is C19H24F4N6O. The first-order valence-corrected chi connectivity index (χ1v) is 9.58. The third-order valence-electron chi connectivity index (χ3n) is 4.90. The number of halogens is 4. The fourth-order valence-electron chi connectivity index (χ4n) is 3.07. The zero-order valence-electron chi connectivity index (χ0n) is 16.8. The molecule has 1 aliphatic rings. The van der Waals surface area contributed by atoms with Crippen molar-refractivity contribution in [3.05, 3.63) is 46.8 Å². The summed E-state index contributed by atoms with van der Waals surface area (Å²) in [7, 11) is 1.82. The highest BCUT2D eigenvalue weighted by Gasteiger charge is 2.33. The Morgan fingerprint density at radius 1 is 1.30 bits per heavy atom. The molecule has 1 unspecified atom stereocenters. The van der Waals surface area contributed by atoms with Gasteiger partial charge in [-0.1, -0.05) is 6.07 Å². The van der Waals surface area contributed by atoms with Crippen LogP contribution in [0.3, 0.4) is 0 Å². The van der Waals surface area contributed by atoms with Crippen LogP contribution in [0.5, 0.6) is 0 Å². The maximum Gasteiger partial charge on any atom is 0.416 e. The molecule has 1 saturated heterocycles. The van der Waals surface area contributed by atoms with Crippen LogP contribution in [0.15, 0.2) is 23.2 Å². The van der Waals surface area contributed by atoms with Crippen LogP contribution in [-0.2, 0) is 31.1 Å². The number of hydrogen-bond donors (Lipinski definition) is 2. The van der Waals surface area contributed by atoms with Crippen molar-refractivity contribution < 1.29 is 22.3 Å². The SMILES string of the molecule is Cc1nnc(CNC(=NCc2ccc(F)cc2C(F)(F)F)NCC2CCCO2)n1C. The molecule has 1 fully saturated rings. The summed E-state index contributed by atoms with van der Waals surface area (Å²) in [5.41, 5.74) is -1.15. The van der Waals surface area contributed by atoms with Crippen LogP contribution in [0, 0.1) is 12.7 Å². The third-order valence-corrected chi connectivity index (χ3v) is 4.90. The van der Waals surface area contributed by atoms with Gasteiger partial charge >= 0.3 is 6.18 Å². The number of aryl methyl sites for hydroxylation is 1. The van der Waals surface area contributed by atoms with Crippen LogP contribution >= 0.6 is 0 Å². The van der Waals surface area contributed by atoms with Crippen molar-refractivity contribution in [3.8, 4) is 0 Å². The molecular weight excluding hydrogens is 404 g/mol. The lowest BCUT2D eigenvalue weighted by molar-refractivity contribution is -0.138. The molecule has 0 saturated carbocycles. The average molecular weight is 428 g/mol. The Hall–Kier alpha value is -2.69. The number of guanidine groups is 1. The second-order valence-electron chi connectivity index (χ2n) is 7.06. The normalized spacial score (nSPS) is 17.4. The zero-order valence-corrected chi connectivity index (χ0v) is 16.8. The fraction of sp³-hybridized carbons (Fsp3) is 0.526. The van der Waals surface area contributed by atoms with Crippen molar-refractivity contribution in [3.63, 3.8) is 0 Å². The van der Waals surface area contributed by atoms with E-state index in [1.807, 2.05) is 14.0 Å². The highest BCUT2D eigenvalue weighted by molar-refractivity contribution is 5.79. The summed E-state index contributed by atoms with van der Waals surface area (Å²) in [6.45, 7) is 2.99. The molecule has 164 valence electrons. The molecule has 2 aromatic rings. The molecule has 0 bridgehead atoms. The van der Waals surface area contributed by atoms with Gasteiger partial charge < -0.3 is 19.9 Å². The number of rotatable bonds is 6. The van der Waals surface area contributed by atoms with Crippen LogP contribution in [0.1, 0.15) is 35.6 Å². The highest BCUT2D eigenvalue weighted by atomic mass is 19.4. The van der Waals surface area contributed by atoms with Crippen LogP contribution < -0.4 is 10.6 Å². The molecule has 1 aliphatic heterocycles. The number of aromatic nitrogens is 3. The lowest BCUT2D eigenvalue weighted by Crippen LogP contribution is -2.41. The molecule has 2 N–H and O–H groups in total. The number of hydrogen-bond acceptors (Lipinski definition) is 4. The van der Waals surface area contributed by atoms with Crippen molar-refractivity contribution in [2.75, 3.05) is 13.2 Å². The van der Waals surface area contributed by atoms with Gasteiger partial charge in [0.25, 0.3) is 0 Å². The van der Waals surface area contributed by atoms with Crippen molar-refractivity contribution in [2.45, 2.75) is 45.1 Å². The summed E-state index contributed by atoms with van der Waals surface area (Å²) >= 11 is 0. The first-order chi connectivity index (χ1) is 14.2. The van der Waals surface area contributed by atoms with Gasteiger partial charge in [-0.25, -0.2) is 9.38 Å². The first kappa shape index (κ1) is 22.0. The maximum absolute atomic E-state index is 13.3. The lowest BCUT2D eigenvalue weighted by Gasteiger charge is -2.16. The summed E-state index contributed by atoms with van der Waals surface area (Å²) in [5.74, 6) is 0.752. The van der Waals surface area contributed by atoms with Gasteiger partial charge in [-0.05, 0) is 37.5 Å². The van der Waals surface area contributed by atoms with E-state index in [2.05, 4.69) is 25.8 Å². The van der Waals surface area contributed by atoms with E-state index >= 15 is 0 Å². The summed E-state index contributed by atoms with van der Waals surface area (Å²) < 4.78 is 60.4. The van der Waals surface area contributed by atoms with E-state index in [9.17, 15) is 17.6 Å². The predicted molar refractivity (Wildman–Crippen MR) is 102 cm³/mol. The number of aliphatic imine (C=N–C) groups is 1. The number of ether oxygens (including phenoxy) is 1. The molecule has 0 radical (unpaired) electrons. The van der Waals surface area contributed by atoms with Gasteiger partial charge in [-0.15, -0.1) is 10.2 Å². The van der Waals surface area contributed by atoms with Crippen LogP contribution in [0.25, 0.3) is 0 Å². The number of nitrogens with one attached hydrogen (secondary N) is 2. The third kappa shape index (κ3) is 5.68. The first-order valence-electron chi connectivity index (χ1n) is 9.58. The summed E-state index contributed by atoms with van der Waals surface area (Å²) in [6.07, 6.45) is -2.78. The Kier molecular flexibility index (Phi) is 6.91. The molecule has 11 heteroatoms. The minimum Gasteiger partial charge on any atom is -0.376 e. The van der Waals surface area contributed by atoms with E-state index in [1.54, 1.807) is 4.57 Å². The molecule has 2 heterocycles. The Morgan fingerprint density at radius 3 is 2.73 bits per heavy atom. The van der Waals surface area contributed by atoms with Crippen LogP contribution in [-0.4, -0.2) is 40.0 Å². The smallest absolute Gasteiger partial charge is 0.376 e. The molecule has 30 heavy (non-hydrogen) atoms. The van der Waals surface area contributed by atoms with E-state index < -0.39 is 17.6 Å². The molecule has 1 atom stereocenters. The monoisotopic (exact) mass is 428 g/mol. The predicted octanol–water partition coefficient (Wildman–Crippen LogP) is 2.70. The van der Waals surface area contributed by atoms with Crippen molar-refractivity contribution in [1.82, 2.24) is 25.4 Å². The van der Waals surface area contributed by atoms with E-state index in [0.29, 0.717) is 31.0 Å². The van der Waals surface area contributed by atoms with Gasteiger partial charge in [0.05, 0.1) is 24.8 Å². The van der Waals surface area contributed by atoms with Gasteiger partial charge in [0.15, 0.2) is 11.8 Å². The van der Waals surface area contributed by atoms with E-state index in [0.717, 1.165) is 30.8 Å². The van der Waals surface area contributed by atoms with Crippen molar-refractivity contribution in [1.29, 1.82) is 0 Å². The summed E-state index contributed by atoms with van der Waals surface area (Å²) in [5, 5.41) is 14.2. The zero-order chi connectivity index (χ0) is 21.7. The summed E-state index contributed by atoms with van der Waals surface area (Å²) in [6, 6.07) is 2.58. The van der Waals surface area contributed by atoms with Crippen LogP contribution in [0.2, 0.25) is 0 Å². The standard InChI is InChI=1S/C19H24F4N6O/c1-12-27-28-17(29(12)2)11-26-18(25-10-15-4-3-7-30-15)24-9-13-5-6-14(20)8-16(13)19(21,22)23/h5-6,8,15H,3-4,7,9-11H2,1-2H3,(H2,24,25,26). The number of alkyl halides is 3. The van der Waals surface area contributed by atoms with Gasteiger partial charge in [0.2, 0.25) is 0 Å². The Morgan fingerprint density at radius 2 is 2.10 bits per heavy atom. The quantitative estimate of drug-likeness (QED) is 0.420. The van der Waals surface area contributed by atoms with Crippen molar-refractivity contribution >= 4 is 5.96 Å². The maximum atomic E-state index is 13.3. The molecule has 0 aliphatic carbocycles. The van der Waals surface area contributed by atoms with Crippen molar-refractivity contribution in [2.24, 2.45) is 12.0 Å². The highest BCUT2D eigenvalue weighted by Crippen LogP contribution is 2.32. The van der Waals surface area contributed by atoms with Gasteiger partial charge in [-0.2, -0.15) is 13.2 Å². The topological polar surface area (TPSA) is 76.4 Å². The molecule has 0 amide bonds. The fourth-order valence-corrected chi connectivity index (χ4v) is 3.07. The summed E-state index contributed by atoms with van der Waals surface area (Å²) in [4.78, 5) is 4.27. The molecule has 3 rings (SSSR count). The van der Waals surface area contributed by atoms with E-state index in [1.165, 1.54) is 0 Å². The Bertz CT molecular complexity index is 890. The molecule has 0 spiro atoms. The minimum absolute atomic E-state index is 0.0191. The molecule has 7 nitrogen and oxygen atoms in total. The Balaban J connectivity index is 1.74. The largest absolute Gasteiger partial charge is 0.416 e. The average Bonchev–Trinajstić information content (AvgIpc) is 3.32. The molecule has 1 aromatic heterocycles. The second-order valence-corrected chi connectivity index (χ2v) is 7.06.